The number of alkyl halides is 1. The normalized spacial score (nSPS) is 22.8. The third kappa shape index (κ3) is 10.8. The first-order valence-electron chi connectivity index (χ1n) is 14.7. The molecule has 14 nitrogen and oxygen atoms in total. The number of halogens is 1. The van der Waals surface area contributed by atoms with Crippen molar-refractivity contribution in [1.82, 2.24) is 20.0 Å². The highest BCUT2D eigenvalue weighted by Gasteiger charge is 2.54. The number of thioether (sulfide) groups is 1. The maximum Gasteiger partial charge on any atom is 0.407 e. The van der Waals surface area contributed by atoms with E-state index in [4.69, 9.17) is 30.1 Å². The smallest absolute Gasteiger partial charge is 0.407 e. The van der Waals surface area contributed by atoms with Crippen molar-refractivity contribution in [3.05, 3.63) is 69.0 Å². The second-order valence-corrected chi connectivity index (χ2v) is 15.4. The van der Waals surface area contributed by atoms with Crippen molar-refractivity contribution in [3.8, 4) is 0 Å². The second-order valence-electron chi connectivity index (χ2n) is 11.7. The summed E-state index contributed by atoms with van der Waals surface area (Å²) in [5, 5.41) is 16.2. The summed E-state index contributed by atoms with van der Waals surface area (Å²) in [5.74, 6) is 0.158. The van der Waals surface area contributed by atoms with Gasteiger partial charge in [-0.15, -0.1) is 11.6 Å². The van der Waals surface area contributed by atoms with Gasteiger partial charge in [-0.25, -0.2) is 19.2 Å². The number of alkyl carbamates (subject to hydrolysis) is 1. The molecule has 1 unspecified atom stereocenters. The van der Waals surface area contributed by atoms with Crippen LogP contribution in [0.3, 0.4) is 0 Å². The number of aromatic amines is 1. The van der Waals surface area contributed by atoms with Crippen LogP contribution in [0.25, 0.3) is 0 Å². The van der Waals surface area contributed by atoms with E-state index in [2.05, 4.69) is 15.4 Å². The maximum absolute atomic E-state index is 13.8. The molecule has 1 aliphatic rings. The molecule has 1 aromatic carbocycles. The average Bonchev–Trinajstić information content (AvgIpc) is 3.20. The number of aromatic nitrogens is 2. The minimum atomic E-state index is -4.04. The van der Waals surface area contributed by atoms with E-state index < -0.39 is 60.4 Å². The maximum atomic E-state index is 13.8. The molecule has 0 saturated carbocycles. The van der Waals surface area contributed by atoms with Crippen molar-refractivity contribution in [1.29, 1.82) is 0 Å². The number of nitrogens with one attached hydrogen (secondary N) is 3. The highest BCUT2D eigenvalue weighted by molar-refractivity contribution is 8.13. The van der Waals surface area contributed by atoms with Crippen LogP contribution in [0, 0.1) is 5.41 Å². The summed E-state index contributed by atoms with van der Waals surface area (Å²) in [4.78, 5) is 49.1. The number of carbonyl (C=O) groups excluding carboxylic acids is 2. The Hall–Kier alpha value is -2.49. The molecule has 17 heteroatoms. The van der Waals surface area contributed by atoms with Gasteiger partial charge < -0.3 is 19.9 Å². The lowest BCUT2D eigenvalue weighted by Crippen LogP contribution is -2.43. The fourth-order valence-electron chi connectivity index (χ4n) is 4.37. The molecular weight excluding hydrogens is 663 g/mol. The van der Waals surface area contributed by atoms with Crippen molar-refractivity contribution >= 4 is 42.3 Å². The second kappa shape index (κ2) is 16.6. The zero-order valence-electron chi connectivity index (χ0n) is 26.4. The van der Waals surface area contributed by atoms with Gasteiger partial charge in [-0.1, -0.05) is 55.9 Å². The largest absolute Gasteiger partial charge is 0.447 e. The molecule has 5 atom stereocenters. The van der Waals surface area contributed by atoms with Crippen molar-refractivity contribution in [2.24, 2.45) is 5.41 Å². The molecule has 2 aromatic rings. The number of hydrogen-bond acceptors (Lipinski definition) is 11. The average molecular weight is 705 g/mol. The molecule has 1 aliphatic heterocycles. The Morgan fingerprint density at radius 1 is 1.22 bits per heavy atom. The molecule has 46 heavy (non-hydrogen) atoms. The molecule has 1 fully saturated rings. The quantitative estimate of drug-likeness (QED) is 0.113. The topological polar surface area (TPSA) is 187 Å². The molecule has 0 aliphatic carbocycles. The number of amides is 1. The first kappa shape index (κ1) is 38.0. The lowest BCUT2D eigenvalue weighted by molar-refractivity contribution is -0.118. The van der Waals surface area contributed by atoms with Crippen LogP contribution in [-0.4, -0.2) is 74.6 Å². The highest BCUT2D eigenvalue weighted by Crippen LogP contribution is 2.47. The van der Waals surface area contributed by atoms with E-state index in [0.717, 1.165) is 28.0 Å². The Balaban J connectivity index is 1.60. The number of rotatable bonds is 16. The Morgan fingerprint density at radius 2 is 1.91 bits per heavy atom. The van der Waals surface area contributed by atoms with Crippen LogP contribution < -0.4 is 21.7 Å². The molecule has 0 bridgehead atoms. The van der Waals surface area contributed by atoms with E-state index in [0.29, 0.717) is 6.42 Å². The third-order valence-electron chi connectivity index (χ3n) is 7.04. The van der Waals surface area contributed by atoms with E-state index in [9.17, 15) is 28.8 Å². The number of hydrogen-bond donors (Lipinski definition) is 4. The molecular formula is C29H42ClN4O10PS. The zero-order valence-corrected chi connectivity index (χ0v) is 28.9. The lowest BCUT2D eigenvalue weighted by Gasteiger charge is -2.26. The van der Waals surface area contributed by atoms with E-state index in [1.165, 1.54) is 13.1 Å². The molecule has 1 saturated heterocycles. The number of nitrogens with zero attached hydrogens (tertiary/aromatic N) is 1. The minimum Gasteiger partial charge on any atom is -0.447 e. The Morgan fingerprint density at radius 3 is 2.57 bits per heavy atom. The Kier molecular flexibility index (Phi) is 13.7. The zero-order chi connectivity index (χ0) is 34.1. The third-order valence-corrected chi connectivity index (χ3v) is 10.2. The van der Waals surface area contributed by atoms with Gasteiger partial charge in [0.2, 0.25) is 0 Å². The van der Waals surface area contributed by atoms with Gasteiger partial charge in [0.1, 0.15) is 17.1 Å². The minimum absolute atomic E-state index is 0.124. The SMILES string of the molecule is CC(C)OC(=O)NCCC(C)(C)C(=O)SCCOP(=O)(NCc1ccccc1)OC[C@H]1O[C@@H](n2ccc(=O)[nH]c2=O)[C@](C)(Cl)[C@@H]1O. The monoisotopic (exact) mass is 704 g/mol. The number of ether oxygens (including phenoxy) is 2. The molecule has 4 N–H and O–H groups in total. The van der Waals surface area contributed by atoms with E-state index in [1.54, 1.807) is 27.7 Å². The van der Waals surface area contributed by atoms with Crippen LogP contribution in [0.1, 0.15) is 52.8 Å². The van der Waals surface area contributed by atoms with Crippen molar-refractivity contribution in [3.63, 3.8) is 0 Å². The van der Waals surface area contributed by atoms with Gasteiger partial charge >= 0.3 is 19.5 Å². The van der Waals surface area contributed by atoms with Crippen LogP contribution in [-0.2, 0) is 34.4 Å². The molecule has 0 spiro atoms. The van der Waals surface area contributed by atoms with Crippen LogP contribution in [0.15, 0.2) is 52.2 Å². The number of aliphatic hydroxyl groups is 1. The van der Waals surface area contributed by atoms with Gasteiger partial charge in [0, 0.05) is 36.5 Å². The number of benzene rings is 1. The fourth-order valence-corrected chi connectivity index (χ4v) is 6.94. The number of aliphatic hydroxyl groups excluding tert-OH is 1. The summed E-state index contributed by atoms with van der Waals surface area (Å²) >= 11 is 7.59. The van der Waals surface area contributed by atoms with Crippen LogP contribution in [0.4, 0.5) is 4.79 Å². The number of carbonyl (C=O) groups is 2. The van der Waals surface area contributed by atoms with Gasteiger partial charge in [-0.05, 0) is 32.8 Å². The van der Waals surface area contributed by atoms with Crippen molar-refractivity contribution in [2.45, 2.75) is 77.0 Å². The summed E-state index contributed by atoms with van der Waals surface area (Å²) in [6, 6.07) is 10.2. The van der Waals surface area contributed by atoms with Crippen molar-refractivity contribution in [2.75, 3.05) is 25.5 Å². The molecule has 2 heterocycles. The first-order chi connectivity index (χ1) is 21.5. The van der Waals surface area contributed by atoms with Crippen LogP contribution >= 0.6 is 31.1 Å². The van der Waals surface area contributed by atoms with E-state index >= 15 is 0 Å². The van der Waals surface area contributed by atoms with Crippen molar-refractivity contribution < 1.29 is 37.8 Å². The summed E-state index contributed by atoms with van der Waals surface area (Å²) < 4.78 is 37.1. The predicted octanol–water partition coefficient (Wildman–Crippen LogP) is 3.53. The highest BCUT2D eigenvalue weighted by atomic mass is 35.5. The summed E-state index contributed by atoms with van der Waals surface area (Å²) in [6.07, 6.45) is -2.89. The van der Waals surface area contributed by atoms with Crippen LogP contribution in [0.2, 0.25) is 0 Å². The molecule has 0 radical (unpaired) electrons. The Bertz CT molecular complexity index is 1490. The van der Waals surface area contributed by atoms with Gasteiger partial charge in [-0.2, -0.15) is 0 Å². The first-order valence-corrected chi connectivity index (χ1v) is 17.6. The summed E-state index contributed by atoms with van der Waals surface area (Å²) in [5.41, 5.74) is -1.36. The van der Waals surface area contributed by atoms with E-state index in [-0.39, 0.29) is 36.7 Å². The van der Waals surface area contributed by atoms with Gasteiger partial charge in [-0.3, -0.25) is 28.2 Å². The molecule has 1 aromatic heterocycles. The number of H-pyrrole nitrogens is 1. The standard InChI is InChI=1S/C29H42ClN4O10PS/c1-19(2)43-27(39)31-13-12-28(3,4)25(37)46-16-15-41-45(40,32-17-20-9-7-6-8-10-20)42-18-21-23(36)29(5,30)24(44-21)34-14-11-22(35)33-26(34)38/h6-11,14,19,21,23-24,36H,12-13,15-18H2,1-5H3,(H,31,39)(H,32,40)(H,33,35,38)/t21-,23-,24-,29-,45?/m1/s1. The molecule has 1 amide bonds. The Labute approximate surface area is 276 Å². The van der Waals surface area contributed by atoms with Gasteiger partial charge in [0.25, 0.3) is 5.56 Å². The van der Waals surface area contributed by atoms with Gasteiger partial charge in [0.05, 0.1) is 19.3 Å². The molecule has 256 valence electrons. The lowest BCUT2D eigenvalue weighted by atomic mass is 9.91. The predicted molar refractivity (Wildman–Crippen MR) is 174 cm³/mol. The molecule has 3 rings (SSSR count). The summed E-state index contributed by atoms with van der Waals surface area (Å²) in [6.45, 7) is 8.30. The van der Waals surface area contributed by atoms with E-state index in [1.807, 2.05) is 30.3 Å². The summed E-state index contributed by atoms with van der Waals surface area (Å²) in [7, 11) is -4.04. The van der Waals surface area contributed by atoms with Gasteiger partial charge in [0.15, 0.2) is 11.3 Å². The fraction of sp³-hybridized carbons (Fsp3) is 0.586. The van der Waals surface area contributed by atoms with Crippen LogP contribution in [0.5, 0.6) is 0 Å².